The minimum absolute atomic E-state index is 0.209. The fourth-order valence-electron chi connectivity index (χ4n) is 2.60. The summed E-state index contributed by atoms with van der Waals surface area (Å²) in [5.74, 6) is 0.340. The highest BCUT2D eigenvalue weighted by Gasteiger charge is 2.27. The molecule has 0 bridgehead atoms. The lowest BCUT2D eigenvalue weighted by Crippen LogP contribution is -2.17. The molecule has 0 unspecified atom stereocenters. The molecule has 0 aliphatic heterocycles. The third-order valence-electron chi connectivity index (χ3n) is 3.91. The molecule has 3 nitrogen and oxygen atoms in total. The molecule has 2 aromatic rings. The van der Waals surface area contributed by atoms with Crippen molar-refractivity contribution in [1.29, 1.82) is 0 Å². The molecule has 130 valence electrons. The maximum atomic E-state index is 11.5. The Bertz CT molecular complexity index is 730. The van der Waals surface area contributed by atoms with Crippen LogP contribution < -0.4 is 0 Å². The summed E-state index contributed by atoms with van der Waals surface area (Å²) in [5.41, 5.74) is 2.93. The SMILES string of the molecule is CSc1nc(-c2cc(C(C)(C)C)c(O)c(C(C)(C)C)c2)c(C=O)s1. The minimum Gasteiger partial charge on any atom is -0.507 e. The topological polar surface area (TPSA) is 50.2 Å². The molecule has 0 fully saturated rings. The van der Waals surface area contributed by atoms with E-state index >= 15 is 0 Å². The standard InChI is InChI=1S/C19H25NO2S2/c1-18(2,3)12-8-11(9-13(16(12)22)19(4,5)6)15-14(10-21)24-17(20-15)23-7/h8-10,22H,1-7H3. The van der Waals surface area contributed by atoms with Crippen LogP contribution in [0.15, 0.2) is 16.5 Å². The van der Waals surface area contributed by atoms with Gasteiger partial charge in [0.05, 0.1) is 10.6 Å². The zero-order valence-electron chi connectivity index (χ0n) is 15.4. The first-order valence-electron chi connectivity index (χ1n) is 7.87. The molecule has 0 aliphatic carbocycles. The summed E-state index contributed by atoms with van der Waals surface area (Å²) in [4.78, 5) is 16.7. The summed E-state index contributed by atoms with van der Waals surface area (Å²) in [5, 5.41) is 10.8. The van der Waals surface area contributed by atoms with Gasteiger partial charge < -0.3 is 5.11 Å². The van der Waals surface area contributed by atoms with Crippen molar-refractivity contribution in [3.8, 4) is 17.0 Å². The van der Waals surface area contributed by atoms with Crippen LogP contribution in [0.5, 0.6) is 5.75 Å². The molecule has 0 aliphatic rings. The monoisotopic (exact) mass is 363 g/mol. The van der Waals surface area contributed by atoms with Crippen LogP contribution in [0.25, 0.3) is 11.3 Å². The molecule has 1 aromatic carbocycles. The summed E-state index contributed by atoms with van der Waals surface area (Å²) in [6, 6.07) is 3.94. The second-order valence-corrected chi connectivity index (χ2v) is 10.0. The second kappa shape index (κ2) is 6.52. The number of carbonyl (C=O) groups is 1. The molecule has 0 atom stereocenters. The Hall–Kier alpha value is -1.33. The first-order valence-corrected chi connectivity index (χ1v) is 9.91. The van der Waals surface area contributed by atoms with Crippen molar-refractivity contribution < 1.29 is 9.90 Å². The van der Waals surface area contributed by atoms with Gasteiger partial charge in [-0.15, -0.1) is 11.3 Å². The van der Waals surface area contributed by atoms with Crippen LogP contribution >= 0.6 is 23.1 Å². The van der Waals surface area contributed by atoms with E-state index < -0.39 is 0 Å². The number of phenols is 1. The third-order valence-corrected chi connectivity index (χ3v) is 5.88. The van der Waals surface area contributed by atoms with Crippen LogP contribution in [-0.2, 0) is 10.8 Å². The number of aromatic nitrogens is 1. The molecule has 0 radical (unpaired) electrons. The van der Waals surface area contributed by atoms with E-state index in [9.17, 15) is 9.90 Å². The summed E-state index contributed by atoms with van der Waals surface area (Å²) in [6.45, 7) is 12.5. The number of carbonyl (C=O) groups excluding carboxylic acids is 1. The highest BCUT2D eigenvalue weighted by Crippen LogP contribution is 2.43. The molecule has 24 heavy (non-hydrogen) atoms. The largest absolute Gasteiger partial charge is 0.507 e. The van der Waals surface area contributed by atoms with Gasteiger partial charge >= 0.3 is 0 Å². The van der Waals surface area contributed by atoms with Crippen molar-refractivity contribution >= 4 is 29.4 Å². The Morgan fingerprint density at radius 2 is 1.58 bits per heavy atom. The zero-order valence-corrected chi connectivity index (χ0v) is 17.0. The molecule has 0 amide bonds. The number of thiazole rings is 1. The molecule has 1 aromatic heterocycles. The van der Waals surface area contributed by atoms with Gasteiger partial charge in [0, 0.05) is 16.7 Å². The van der Waals surface area contributed by atoms with Gasteiger partial charge in [-0.05, 0) is 29.2 Å². The Kier molecular flexibility index (Phi) is 5.17. The molecule has 0 saturated carbocycles. The van der Waals surface area contributed by atoms with Gasteiger partial charge in [0.2, 0.25) is 0 Å². The number of phenolic OH excluding ortho intramolecular Hbond substituents is 1. The third kappa shape index (κ3) is 3.67. The van der Waals surface area contributed by atoms with Crippen LogP contribution in [0.2, 0.25) is 0 Å². The van der Waals surface area contributed by atoms with Crippen molar-refractivity contribution in [1.82, 2.24) is 4.98 Å². The fourth-order valence-corrected chi connectivity index (χ4v) is 4.02. The Morgan fingerprint density at radius 1 is 1.08 bits per heavy atom. The normalized spacial score (nSPS) is 12.5. The Balaban J connectivity index is 2.80. The zero-order chi connectivity index (χ0) is 18.3. The quantitative estimate of drug-likeness (QED) is 0.566. The molecular weight excluding hydrogens is 338 g/mol. The van der Waals surface area contributed by atoms with Crippen LogP contribution in [0.4, 0.5) is 0 Å². The summed E-state index contributed by atoms with van der Waals surface area (Å²) in [7, 11) is 0. The van der Waals surface area contributed by atoms with Crippen molar-refractivity contribution in [2.24, 2.45) is 0 Å². The van der Waals surface area contributed by atoms with Crippen molar-refractivity contribution in [2.75, 3.05) is 6.26 Å². The van der Waals surface area contributed by atoms with Crippen LogP contribution in [0.1, 0.15) is 62.3 Å². The van der Waals surface area contributed by atoms with Crippen molar-refractivity contribution in [2.45, 2.75) is 56.7 Å². The van der Waals surface area contributed by atoms with E-state index in [2.05, 4.69) is 46.5 Å². The predicted octanol–water partition coefficient (Wildman–Crippen LogP) is 5.65. The van der Waals surface area contributed by atoms with E-state index in [4.69, 9.17) is 0 Å². The average molecular weight is 364 g/mol. The lowest BCUT2D eigenvalue weighted by atomic mass is 9.78. The number of thioether (sulfide) groups is 1. The lowest BCUT2D eigenvalue weighted by Gasteiger charge is -2.28. The summed E-state index contributed by atoms with van der Waals surface area (Å²) >= 11 is 2.94. The van der Waals surface area contributed by atoms with E-state index in [1.165, 1.54) is 23.1 Å². The number of aldehydes is 1. The van der Waals surface area contributed by atoms with Gasteiger partial charge in [0.25, 0.3) is 0 Å². The number of benzene rings is 1. The van der Waals surface area contributed by atoms with Gasteiger partial charge in [0.1, 0.15) is 5.75 Å². The highest BCUT2D eigenvalue weighted by atomic mass is 32.2. The van der Waals surface area contributed by atoms with Gasteiger partial charge in [0.15, 0.2) is 10.6 Å². The molecule has 2 rings (SSSR count). The van der Waals surface area contributed by atoms with Gasteiger partial charge in [-0.25, -0.2) is 4.98 Å². The number of nitrogens with zero attached hydrogens (tertiary/aromatic N) is 1. The summed E-state index contributed by atoms with van der Waals surface area (Å²) in [6.07, 6.45) is 2.82. The first-order chi connectivity index (χ1) is 11.0. The Morgan fingerprint density at radius 3 is 1.96 bits per heavy atom. The lowest BCUT2D eigenvalue weighted by molar-refractivity contribution is 0.112. The van der Waals surface area contributed by atoms with Crippen LogP contribution in [0, 0.1) is 0 Å². The number of aromatic hydroxyl groups is 1. The molecule has 1 N–H and O–H groups in total. The maximum Gasteiger partial charge on any atom is 0.162 e. The van der Waals surface area contributed by atoms with Crippen LogP contribution in [-0.4, -0.2) is 22.6 Å². The average Bonchev–Trinajstić information content (AvgIpc) is 2.88. The van der Waals surface area contributed by atoms with Crippen molar-refractivity contribution in [3.63, 3.8) is 0 Å². The molecule has 0 saturated heterocycles. The highest BCUT2D eigenvalue weighted by molar-refractivity contribution is 8.00. The Labute approximate surface area is 152 Å². The van der Waals surface area contributed by atoms with E-state index in [-0.39, 0.29) is 10.8 Å². The molecule has 5 heteroatoms. The van der Waals surface area contributed by atoms with Gasteiger partial charge in [-0.1, -0.05) is 53.3 Å². The number of rotatable bonds is 3. The predicted molar refractivity (Wildman–Crippen MR) is 104 cm³/mol. The molecule has 1 heterocycles. The fraction of sp³-hybridized carbons (Fsp3) is 0.474. The summed E-state index contributed by atoms with van der Waals surface area (Å²) < 4.78 is 0.870. The second-order valence-electron chi connectivity index (χ2n) is 7.93. The van der Waals surface area contributed by atoms with Crippen LogP contribution in [0.3, 0.4) is 0 Å². The minimum atomic E-state index is -0.209. The van der Waals surface area contributed by atoms with E-state index in [1.807, 2.05) is 18.4 Å². The molecule has 0 spiro atoms. The van der Waals surface area contributed by atoms with E-state index in [0.29, 0.717) is 16.3 Å². The van der Waals surface area contributed by atoms with Gasteiger partial charge in [-0.2, -0.15) is 0 Å². The maximum absolute atomic E-state index is 11.5. The first kappa shape index (κ1) is 19.0. The number of hydrogen-bond acceptors (Lipinski definition) is 5. The van der Waals surface area contributed by atoms with Gasteiger partial charge in [-0.3, -0.25) is 4.79 Å². The van der Waals surface area contributed by atoms with E-state index in [0.717, 1.165) is 27.3 Å². The smallest absolute Gasteiger partial charge is 0.162 e. The van der Waals surface area contributed by atoms with Crippen molar-refractivity contribution in [3.05, 3.63) is 28.1 Å². The number of hydrogen-bond donors (Lipinski definition) is 1. The van der Waals surface area contributed by atoms with E-state index in [1.54, 1.807) is 0 Å². The molecular formula is C19H25NO2S2.